The average molecular weight is 412 g/mol. The Labute approximate surface area is 153 Å². The second-order valence-corrected chi connectivity index (χ2v) is 8.23. The van der Waals surface area contributed by atoms with E-state index in [1.807, 2.05) is 0 Å². The highest BCUT2D eigenvalue weighted by Crippen LogP contribution is 2.44. The molecule has 0 radical (unpaired) electrons. The van der Waals surface area contributed by atoms with Gasteiger partial charge >= 0.3 is 12.4 Å². The molecule has 1 aromatic rings. The molecule has 2 rings (SSSR count). The van der Waals surface area contributed by atoms with Crippen molar-refractivity contribution in [1.82, 2.24) is 9.55 Å². The molecule has 0 aromatic carbocycles. The van der Waals surface area contributed by atoms with Gasteiger partial charge in [-0.3, -0.25) is 18.9 Å². The number of aliphatic hydroxyl groups excluding tert-OH is 1. The summed E-state index contributed by atoms with van der Waals surface area (Å²) in [7, 11) is 1.47. The molecule has 1 aliphatic rings. The number of rotatable bonds is 8. The van der Waals surface area contributed by atoms with Crippen LogP contribution in [0.15, 0.2) is 15.8 Å². The first-order valence-electron chi connectivity index (χ1n) is 7.60. The van der Waals surface area contributed by atoms with Crippen LogP contribution in [-0.2, 0) is 30.5 Å². The maximum atomic E-state index is 12.2. The third-order valence-electron chi connectivity index (χ3n) is 3.74. The van der Waals surface area contributed by atoms with Crippen LogP contribution in [0.2, 0.25) is 0 Å². The molecule has 2 heterocycles. The Kier molecular flexibility index (Phi) is 7.25. The molecule has 148 valence electrons. The minimum atomic E-state index is -4.10. The number of hydrogen-bond acceptors (Lipinski definition) is 8. The summed E-state index contributed by atoms with van der Waals surface area (Å²) in [5.74, 6) is 0. The highest BCUT2D eigenvalue weighted by Gasteiger charge is 2.49. The number of aliphatic hydroxyl groups is 1. The summed E-state index contributed by atoms with van der Waals surface area (Å²) in [4.78, 5) is 44.9. The molecule has 0 amide bonds. The molecule has 1 saturated heterocycles. The van der Waals surface area contributed by atoms with Crippen LogP contribution in [0.4, 0.5) is 0 Å². The first kappa shape index (κ1) is 21.4. The summed E-state index contributed by atoms with van der Waals surface area (Å²) in [6.07, 6.45) is -3.02. The number of aromatic amines is 1. The van der Waals surface area contributed by atoms with Crippen molar-refractivity contribution < 1.29 is 33.6 Å². The van der Waals surface area contributed by atoms with E-state index in [4.69, 9.17) is 18.7 Å². The van der Waals surface area contributed by atoms with Gasteiger partial charge in [-0.2, -0.15) is 0 Å². The van der Waals surface area contributed by atoms with Crippen LogP contribution < -0.4 is 11.2 Å². The normalized spacial score (nSPS) is 26.3. The topological polar surface area (TPSA) is 152 Å². The summed E-state index contributed by atoms with van der Waals surface area (Å²) in [6.45, 7) is -2.85. The monoisotopic (exact) mass is 412 g/mol. The zero-order chi connectivity index (χ0) is 19.5. The third-order valence-corrected chi connectivity index (χ3v) is 4.52. The SMILES string of the molecule is COCCO[C@@H]1[C@H](OP(O)(O)=S)[C@@H](CO)O[C@H]1n1cc(C)c(=O)[nH]c1=O. The van der Waals surface area contributed by atoms with Crippen LogP contribution >= 0.6 is 6.72 Å². The van der Waals surface area contributed by atoms with Crippen LogP contribution in [0, 0.1) is 6.92 Å². The number of nitrogens with zero attached hydrogens (tertiary/aromatic N) is 1. The molecule has 4 atom stereocenters. The van der Waals surface area contributed by atoms with Gasteiger partial charge in [0.1, 0.15) is 18.3 Å². The number of methoxy groups -OCH3 is 1. The Bertz CT molecular complexity index is 776. The van der Waals surface area contributed by atoms with Crippen LogP contribution in [0.25, 0.3) is 0 Å². The number of hydrogen-bond donors (Lipinski definition) is 4. The summed E-state index contributed by atoms with van der Waals surface area (Å²) >= 11 is 4.50. The van der Waals surface area contributed by atoms with Gasteiger partial charge in [-0.15, -0.1) is 0 Å². The van der Waals surface area contributed by atoms with Crippen molar-refractivity contribution >= 4 is 18.5 Å². The number of H-pyrrole nitrogens is 1. The van der Waals surface area contributed by atoms with Crippen LogP contribution in [0.5, 0.6) is 0 Å². The van der Waals surface area contributed by atoms with Gasteiger partial charge in [-0.1, -0.05) is 0 Å². The van der Waals surface area contributed by atoms with Gasteiger partial charge in [0, 0.05) is 18.9 Å². The molecular weight excluding hydrogens is 391 g/mol. The van der Waals surface area contributed by atoms with Crippen molar-refractivity contribution in [3.8, 4) is 0 Å². The van der Waals surface area contributed by atoms with Gasteiger partial charge in [0.15, 0.2) is 6.23 Å². The Morgan fingerprint density at radius 3 is 2.62 bits per heavy atom. The van der Waals surface area contributed by atoms with Gasteiger partial charge in [0.05, 0.1) is 19.8 Å². The Morgan fingerprint density at radius 2 is 2.04 bits per heavy atom. The number of ether oxygens (including phenoxy) is 3. The molecule has 4 N–H and O–H groups in total. The van der Waals surface area contributed by atoms with E-state index < -0.39 is 49.1 Å². The van der Waals surface area contributed by atoms with Crippen molar-refractivity contribution in [2.45, 2.75) is 31.5 Å². The van der Waals surface area contributed by atoms with Gasteiger partial charge in [0.25, 0.3) is 5.56 Å². The lowest BCUT2D eigenvalue weighted by atomic mass is 10.1. The van der Waals surface area contributed by atoms with Gasteiger partial charge < -0.3 is 29.1 Å². The maximum Gasteiger partial charge on any atom is 0.330 e. The van der Waals surface area contributed by atoms with E-state index in [-0.39, 0.29) is 18.8 Å². The highest BCUT2D eigenvalue weighted by atomic mass is 32.5. The molecule has 0 spiro atoms. The zero-order valence-electron chi connectivity index (χ0n) is 14.1. The fourth-order valence-electron chi connectivity index (χ4n) is 2.58. The maximum absolute atomic E-state index is 12.2. The molecule has 0 bridgehead atoms. The van der Waals surface area contributed by atoms with E-state index in [9.17, 15) is 24.5 Å². The molecular formula is C13H21N2O9PS. The standard InChI is InChI=1S/C13H21N2O9PS/c1-7-5-15(13(18)14-11(7)17)12-10(22-4-3-21-2)9(8(6-16)23-12)24-25(19,20)26/h5,8-10,12,16H,3-4,6H2,1-2H3,(H,14,17,18)(H2,19,20,26)/t8-,9-,10-,12-/m1/s1. The van der Waals surface area contributed by atoms with Gasteiger partial charge in [-0.25, -0.2) is 4.79 Å². The molecule has 1 aromatic heterocycles. The van der Waals surface area contributed by atoms with Crippen molar-refractivity contribution in [1.29, 1.82) is 0 Å². The smallest absolute Gasteiger partial charge is 0.330 e. The minimum Gasteiger partial charge on any atom is -0.394 e. The molecule has 13 heteroatoms. The Balaban J connectivity index is 2.42. The van der Waals surface area contributed by atoms with Crippen LogP contribution in [0.1, 0.15) is 11.8 Å². The van der Waals surface area contributed by atoms with Gasteiger partial charge in [-0.05, 0) is 18.7 Å². The van der Waals surface area contributed by atoms with E-state index >= 15 is 0 Å². The summed E-state index contributed by atoms with van der Waals surface area (Å²) in [5.41, 5.74) is -1.05. The lowest BCUT2D eigenvalue weighted by Crippen LogP contribution is -2.41. The van der Waals surface area contributed by atoms with E-state index in [1.165, 1.54) is 20.2 Å². The molecule has 26 heavy (non-hydrogen) atoms. The number of aromatic nitrogens is 2. The summed E-state index contributed by atoms with van der Waals surface area (Å²) < 4.78 is 22.3. The second-order valence-electron chi connectivity index (χ2n) is 5.62. The average Bonchev–Trinajstić information content (AvgIpc) is 2.87. The number of nitrogens with one attached hydrogen (secondary N) is 1. The van der Waals surface area contributed by atoms with Crippen molar-refractivity contribution in [3.05, 3.63) is 32.6 Å². The molecule has 1 fully saturated rings. The summed E-state index contributed by atoms with van der Waals surface area (Å²) in [5, 5.41) is 9.54. The molecule has 11 nitrogen and oxygen atoms in total. The Hall–Kier alpha value is -0.950. The third kappa shape index (κ3) is 5.06. The minimum absolute atomic E-state index is 0.0792. The first-order valence-corrected chi connectivity index (χ1v) is 10.2. The first-order chi connectivity index (χ1) is 12.2. The van der Waals surface area contributed by atoms with Crippen LogP contribution in [-0.4, -0.2) is 69.7 Å². The van der Waals surface area contributed by atoms with E-state index in [1.54, 1.807) is 0 Å². The largest absolute Gasteiger partial charge is 0.394 e. The van der Waals surface area contributed by atoms with E-state index in [0.717, 1.165) is 4.57 Å². The fraction of sp³-hybridized carbons (Fsp3) is 0.692. The van der Waals surface area contributed by atoms with E-state index in [0.29, 0.717) is 0 Å². The van der Waals surface area contributed by atoms with E-state index in [2.05, 4.69) is 16.8 Å². The van der Waals surface area contributed by atoms with Crippen molar-refractivity contribution in [3.63, 3.8) is 0 Å². The van der Waals surface area contributed by atoms with Crippen molar-refractivity contribution in [2.24, 2.45) is 0 Å². The van der Waals surface area contributed by atoms with Crippen LogP contribution in [0.3, 0.4) is 0 Å². The second kappa shape index (κ2) is 8.83. The van der Waals surface area contributed by atoms with Crippen molar-refractivity contribution in [2.75, 3.05) is 26.9 Å². The lowest BCUT2D eigenvalue weighted by Gasteiger charge is -2.26. The predicted molar refractivity (Wildman–Crippen MR) is 92.3 cm³/mol. The van der Waals surface area contributed by atoms with Gasteiger partial charge in [0.2, 0.25) is 0 Å². The number of aryl methyl sites for hydroxylation is 1. The predicted octanol–water partition coefficient (Wildman–Crippen LogP) is -1.64. The molecule has 0 aliphatic carbocycles. The quantitative estimate of drug-likeness (QED) is 0.289. The molecule has 0 saturated carbocycles. The molecule has 0 unspecified atom stereocenters. The molecule has 1 aliphatic heterocycles. The summed E-state index contributed by atoms with van der Waals surface area (Å²) in [6, 6.07) is 0. The lowest BCUT2D eigenvalue weighted by molar-refractivity contribution is -0.0813. The Morgan fingerprint density at radius 1 is 1.35 bits per heavy atom. The fourth-order valence-corrected chi connectivity index (χ4v) is 3.46. The highest BCUT2D eigenvalue weighted by molar-refractivity contribution is 8.06. The zero-order valence-corrected chi connectivity index (χ0v) is 15.8.